The van der Waals surface area contributed by atoms with Gasteiger partial charge in [0.2, 0.25) is 5.95 Å². The Morgan fingerprint density at radius 2 is 1.89 bits per heavy atom. The van der Waals surface area contributed by atoms with Gasteiger partial charge in [-0.25, -0.2) is 4.98 Å². The Morgan fingerprint density at radius 3 is 2.42 bits per heavy atom. The summed E-state index contributed by atoms with van der Waals surface area (Å²) in [7, 11) is 0. The fourth-order valence-electron chi connectivity index (χ4n) is 2.04. The SMILES string of the molecule is CC(C)(C)c1cc(C=O)ccc1-c1ccc(F)nc1. The highest BCUT2D eigenvalue weighted by molar-refractivity contribution is 5.79. The van der Waals surface area contributed by atoms with Crippen molar-refractivity contribution in [2.75, 3.05) is 0 Å². The molecule has 0 atom stereocenters. The van der Waals surface area contributed by atoms with Crippen LogP contribution >= 0.6 is 0 Å². The van der Waals surface area contributed by atoms with Gasteiger partial charge in [-0.3, -0.25) is 4.79 Å². The van der Waals surface area contributed by atoms with Crippen molar-refractivity contribution >= 4 is 6.29 Å². The maximum Gasteiger partial charge on any atom is 0.212 e. The molecule has 1 aromatic heterocycles. The molecule has 19 heavy (non-hydrogen) atoms. The molecule has 0 fully saturated rings. The number of aldehydes is 1. The van der Waals surface area contributed by atoms with Gasteiger partial charge >= 0.3 is 0 Å². The second-order valence-electron chi connectivity index (χ2n) is 5.54. The van der Waals surface area contributed by atoms with E-state index in [1.54, 1.807) is 12.1 Å². The minimum atomic E-state index is -0.495. The zero-order valence-electron chi connectivity index (χ0n) is 11.3. The normalized spacial score (nSPS) is 11.4. The second-order valence-corrected chi connectivity index (χ2v) is 5.54. The van der Waals surface area contributed by atoms with E-state index in [1.165, 1.54) is 12.3 Å². The van der Waals surface area contributed by atoms with Crippen LogP contribution < -0.4 is 0 Å². The molecule has 2 rings (SSSR count). The summed E-state index contributed by atoms with van der Waals surface area (Å²) in [6, 6.07) is 8.58. The van der Waals surface area contributed by atoms with Crippen molar-refractivity contribution in [1.29, 1.82) is 0 Å². The van der Waals surface area contributed by atoms with Gasteiger partial charge in [-0.2, -0.15) is 4.39 Å². The second kappa shape index (κ2) is 4.92. The molecular weight excluding hydrogens is 241 g/mol. The van der Waals surface area contributed by atoms with Crippen LogP contribution in [0.25, 0.3) is 11.1 Å². The Labute approximate surface area is 112 Å². The van der Waals surface area contributed by atoms with E-state index < -0.39 is 5.95 Å². The van der Waals surface area contributed by atoms with Crippen LogP contribution in [0.1, 0.15) is 36.7 Å². The average molecular weight is 257 g/mol. The van der Waals surface area contributed by atoms with Crippen LogP contribution in [0.4, 0.5) is 4.39 Å². The number of halogens is 1. The maximum absolute atomic E-state index is 12.9. The molecule has 2 nitrogen and oxygen atoms in total. The van der Waals surface area contributed by atoms with E-state index in [0.29, 0.717) is 5.56 Å². The number of nitrogens with zero attached hydrogens (tertiary/aromatic N) is 1. The van der Waals surface area contributed by atoms with Crippen LogP contribution in [0.3, 0.4) is 0 Å². The smallest absolute Gasteiger partial charge is 0.212 e. The summed E-state index contributed by atoms with van der Waals surface area (Å²) < 4.78 is 12.9. The number of hydrogen-bond acceptors (Lipinski definition) is 2. The highest BCUT2D eigenvalue weighted by Gasteiger charge is 2.19. The third-order valence-electron chi connectivity index (χ3n) is 3.03. The molecule has 0 spiro atoms. The molecule has 98 valence electrons. The van der Waals surface area contributed by atoms with Crippen molar-refractivity contribution in [3.63, 3.8) is 0 Å². The van der Waals surface area contributed by atoms with E-state index in [9.17, 15) is 9.18 Å². The predicted molar refractivity (Wildman–Crippen MR) is 73.7 cm³/mol. The monoisotopic (exact) mass is 257 g/mol. The number of rotatable bonds is 2. The van der Waals surface area contributed by atoms with E-state index in [0.717, 1.165) is 23.0 Å². The molecule has 2 aromatic rings. The van der Waals surface area contributed by atoms with Gasteiger partial charge in [-0.15, -0.1) is 0 Å². The van der Waals surface area contributed by atoms with Crippen LogP contribution in [0.15, 0.2) is 36.5 Å². The number of benzene rings is 1. The van der Waals surface area contributed by atoms with Gasteiger partial charge in [0.1, 0.15) is 6.29 Å². The molecular formula is C16H16FNO. The number of aromatic nitrogens is 1. The molecule has 0 radical (unpaired) electrons. The zero-order valence-corrected chi connectivity index (χ0v) is 11.3. The van der Waals surface area contributed by atoms with Crippen LogP contribution in [-0.2, 0) is 5.41 Å². The highest BCUT2D eigenvalue weighted by Crippen LogP contribution is 2.33. The quantitative estimate of drug-likeness (QED) is 0.601. The standard InChI is InChI=1S/C16H16FNO/c1-16(2,3)14-8-11(10-19)4-6-13(14)12-5-7-15(17)18-9-12/h4-10H,1-3H3. The Morgan fingerprint density at radius 1 is 1.16 bits per heavy atom. The first-order chi connectivity index (χ1) is 8.91. The third kappa shape index (κ3) is 2.87. The van der Waals surface area contributed by atoms with Gasteiger partial charge in [-0.05, 0) is 34.7 Å². The molecule has 0 aliphatic rings. The van der Waals surface area contributed by atoms with Gasteiger partial charge in [0.15, 0.2) is 0 Å². The minimum Gasteiger partial charge on any atom is -0.298 e. The summed E-state index contributed by atoms with van der Waals surface area (Å²) in [4.78, 5) is 14.6. The Bertz CT molecular complexity index is 597. The largest absolute Gasteiger partial charge is 0.298 e. The van der Waals surface area contributed by atoms with Crippen molar-refractivity contribution in [1.82, 2.24) is 4.98 Å². The van der Waals surface area contributed by atoms with E-state index in [1.807, 2.05) is 12.1 Å². The first kappa shape index (κ1) is 13.4. The van der Waals surface area contributed by atoms with Gasteiger partial charge in [0.25, 0.3) is 0 Å². The van der Waals surface area contributed by atoms with E-state index in [-0.39, 0.29) is 5.41 Å². The Balaban J connectivity index is 2.62. The lowest BCUT2D eigenvalue weighted by Crippen LogP contribution is -2.13. The molecule has 0 aliphatic heterocycles. The lowest BCUT2D eigenvalue weighted by atomic mass is 9.81. The molecule has 3 heteroatoms. The van der Waals surface area contributed by atoms with Crippen LogP contribution in [0.2, 0.25) is 0 Å². The molecule has 0 bridgehead atoms. The number of carbonyl (C=O) groups excluding carboxylic acids is 1. The summed E-state index contributed by atoms with van der Waals surface area (Å²) >= 11 is 0. The first-order valence-electron chi connectivity index (χ1n) is 6.13. The molecule has 0 amide bonds. The Hall–Kier alpha value is -2.03. The lowest BCUT2D eigenvalue weighted by Gasteiger charge is -2.23. The van der Waals surface area contributed by atoms with Crippen molar-refractivity contribution in [2.24, 2.45) is 0 Å². The molecule has 0 N–H and O–H groups in total. The molecule has 0 saturated heterocycles. The molecule has 1 heterocycles. The molecule has 0 aliphatic carbocycles. The molecule has 0 unspecified atom stereocenters. The van der Waals surface area contributed by atoms with Crippen LogP contribution in [-0.4, -0.2) is 11.3 Å². The summed E-state index contributed by atoms with van der Waals surface area (Å²) in [5, 5.41) is 0. The van der Waals surface area contributed by atoms with E-state index in [4.69, 9.17) is 0 Å². The minimum absolute atomic E-state index is 0.108. The van der Waals surface area contributed by atoms with Gasteiger partial charge in [-0.1, -0.05) is 32.9 Å². The van der Waals surface area contributed by atoms with Crippen LogP contribution in [0, 0.1) is 5.95 Å². The summed E-state index contributed by atoms with van der Waals surface area (Å²) in [6.07, 6.45) is 2.35. The van der Waals surface area contributed by atoms with Crippen molar-refractivity contribution in [3.05, 3.63) is 53.6 Å². The van der Waals surface area contributed by atoms with Gasteiger partial charge in [0, 0.05) is 17.3 Å². The predicted octanol–water partition coefficient (Wildman–Crippen LogP) is 4.00. The van der Waals surface area contributed by atoms with E-state index in [2.05, 4.69) is 25.8 Å². The third-order valence-corrected chi connectivity index (χ3v) is 3.03. The van der Waals surface area contributed by atoms with Gasteiger partial charge < -0.3 is 0 Å². The molecule has 0 saturated carbocycles. The number of pyridine rings is 1. The summed E-state index contributed by atoms with van der Waals surface area (Å²) in [6.45, 7) is 6.24. The van der Waals surface area contributed by atoms with Crippen LogP contribution in [0.5, 0.6) is 0 Å². The number of carbonyl (C=O) groups is 1. The topological polar surface area (TPSA) is 30.0 Å². The first-order valence-corrected chi connectivity index (χ1v) is 6.13. The fraction of sp³-hybridized carbons (Fsp3) is 0.250. The summed E-state index contributed by atoms with van der Waals surface area (Å²) in [5.74, 6) is -0.495. The molecule has 1 aromatic carbocycles. The average Bonchev–Trinajstić information content (AvgIpc) is 2.38. The van der Waals surface area contributed by atoms with Crippen molar-refractivity contribution in [2.45, 2.75) is 26.2 Å². The van der Waals surface area contributed by atoms with Gasteiger partial charge in [0.05, 0.1) is 0 Å². The van der Waals surface area contributed by atoms with Crippen molar-refractivity contribution in [3.8, 4) is 11.1 Å². The summed E-state index contributed by atoms with van der Waals surface area (Å²) in [5.41, 5.74) is 3.41. The Kier molecular flexibility index (Phi) is 3.47. The zero-order chi connectivity index (χ0) is 14.0. The van der Waals surface area contributed by atoms with E-state index >= 15 is 0 Å². The fourth-order valence-corrected chi connectivity index (χ4v) is 2.04. The highest BCUT2D eigenvalue weighted by atomic mass is 19.1. The van der Waals surface area contributed by atoms with Crippen molar-refractivity contribution < 1.29 is 9.18 Å². The maximum atomic E-state index is 12.9. The number of hydrogen-bond donors (Lipinski definition) is 0. The lowest BCUT2D eigenvalue weighted by molar-refractivity contribution is 0.112.